The van der Waals surface area contributed by atoms with Crippen LogP contribution in [0, 0.1) is 0 Å². The molecule has 5 nitrogen and oxygen atoms in total. The molecule has 0 radical (unpaired) electrons. The van der Waals surface area contributed by atoms with Crippen molar-refractivity contribution in [2.45, 2.75) is 26.3 Å². The zero-order valence-corrected chi connectivity index (χ0v) is 12.9. The van der Waals surface area contributed by atoms with Gasteiger partial charge in [-0.1, -0.05) is 17.7 Å². The number of carbonyl (C=O) groups is 2. The number of amides is 2. The molecule has 3 N–H and O–H groups in total. The van der Waals surface area contributed by atoms with Crippen LogP contribution in [0.1, 0.15) is 31.1 Å². The summed E-state index contributed by atoms with van der Waals surface area (Å²) in [5.74, 6) is -0.567. The lowest BCUT2D eigenvalue weighted by Crippen LogP contribution is -2.46. The van der Waals surface area contributed by atoms with Crippen molar-refractivity contribution in [2.75, 3.05) is 19.3 Å². The Morgan fingerprint density at radius 1 is 1.35 bits per heavy atom. The standard InChI is InChI=1S/C14H20ClN3O2/c1-14(2,3)17-11(19)8-18(4)13(20)9-6-5-7-10(15)12(9)16/h5-7H,8,16H2,1-4H3,(H,17,19). The van der Waals surface area contributed by atoms with E-state index in [0.29, 0.717) is 10.6 Å². The Morgan fingerprint density at radius 2 is 1.95 bits per heavy atom. The van der Waals surface area contributed by atoms with Gasteiger partial charge in [-0.25, -0.2) is 0 Å². The number of carbonyl (C=O) groups excluding carboxylic acids is 2. The van der Waals surface area contributed by atoms with E-state index in [9.17, 15) is 9.59 Å². The average molecular weight is 298 g/mol. The van der Waals surface area contributed by atoms with Crippen LogP contribution in [0.3, 0.4) is 0 Å². The second kappa shape index (κ2) is 6.13. The summed E-state index contributed by atoms with van der Waals surface area (Å²) in [6, 6.07) is 4.84. The van der Waals surface area contributed by atoms with Crippen molar-refractivity contribution in [3.63, 3.8) is 0 Å². The molecule has 0 spiro atoms. The van der Waals surface area contributed by atoms with Crippen LogP contribution in [0.15, 0.2) is 18.2 Å². The number of likely N-dealkylation sites (N-methyl/N-ethyl adjacent to an activating group) is 1. The quantitative estimate of drug-likeness (QED) is 0.837. The zero-order valence-electron chi connectivity index (χ0n) is 12.2. The second-order valence-electron chi connectivity index (χ2n) is 5.66. The van der Waals surface area contributed by atoms with Gasteiger partial charge >= 0.3 is 0 Å². The van der Waals surface area contributed by atoms with Gasteiger partial charge in [-0.15, -0.1) is 0 Å². The van der Waals surface area contributed by atoms with Crippen molar-refractivity contribution in [2.24, 2.45) is 0 Å². The molecule has 0 unspecified atom stereocenters. The average Bonchev–Trinajstić information content (AvgIpc) is 2.29. The van der Waals surface area contributed by atoms with Gasteiger partial charge in [-0.3, -0.25) is 9.59 Å². The van der Waals surface area contributed by atoms with Crippen molar-refractivity contribution < 1.29 is 9.59 Å². The topological polar surface area (TPSA) is 75.4 Å². The van der Waals surface area contributed by atoms with Crippen LogP contribution < -0.4 is 11.1 Å². The largest absolute Gasteiger partial charge is 0.397 e. The van der Waals surface area contributed by atoms with E-state index in [1.165, 1.54) is 4.90 Å². The number of benzene rings is 1. The molecular formula is C14H20ClN3O2. The zero-order chi connectivity index (χ0) is 15.5. The SMILES string of the molecule is CN(CC(=O)NC(C)(C)C)C(=O)c1cccc(Cl)c1N. The summed E-state index contributed by atoms with van der Waals surface area (Å²) >= 11 is 5.88. The molecule has 0 aromatic heterocycles. The lowest BCUT2D eigenvalue weighted by Gasteiger charge is -2.23. The molecule has 2 amide bonds. The van der Waals surface area contributed by atoms with Crippen molar-refractivity contribution in [1.82, 2.24) is 10.2 Å². The minimum Gasteiger partial charge on any atom is -0.397 e. The van der Waals surface area contributed by atoms with Gasteiger partial charge in [0, 0.05) is 12.6 Å². The maximum absolute atomic E-state index is 12.2. The molecule has 6 heteroatoms. The number of nitrogens with zero attached hydrogens (tertiary/aromatic N) is 1. The highest BCUT2D eigenvalue weighted by atomic mass is 35.5. The Bertz CT molecular complexity index is 524. The first-order valence-corrected chi connectivity index (χ1v) is 6.60. The monoisotopic (exact) mass is 297 g/mol. The fourth-order valence-corrected chi connectivity index (χ4v) is 1.85. The van der Waals surface area contributed by atoms with E-state index in [4.69, 9.17) is 17.3 Å². The van der Waals surface area contributed by atoms with Crippen molar-refractivity contribution in [1.29, 1.82) is 0 Å². The van der Waals surface area contributed by atoms with E-state index in [2.05, 4.69) is 5.32 Å². The molecule has 0 heterocycles. The number of nitrogens with two attached hydrogens (primary N) is 1. The van der Waals surface area contributed by atoms with E-state index < -0.39 is 0 Å². The van der Waals surface area contributed by atoms with Gasteiger partial charge in [0.15, 0.2) is 0 Å². The maximum Gasteiger partial charge on any atom is 0.256 e. The molecule has 0 saturated heterocycles. The Balaban J connectivity index is 2.77. The molecule has 0 aliphatic carbocycles. The first-order valence-electron chi connectivity index (χ1n) is 6.22. The van der Waals surface area contributed by atoms with Crippen molar-refractivity contribution in [3.8, 4) is 0 Å². The number of nitrogen functional groups attached to an aromatic ring is 1. The normalized spacial score (nSPS) is 11.1. The summed E-state index contributed by atoms with van der Waals surface area (Å²) in [7, 11) is 1.55. The van der Waals surface area contributed by atoms with E-state index in [1.54, 1.807) is 25.2 Å². The van der Waals surface area contributed by atoms with Gasteiger partial charge < -0.3 is 16.0 Å². The fourth-order valence-electron chi connectivity index (χ4n) is 1.67. The summed E-state index contributed by atoms with van der Waals surface area (Å²) in [6.45, 7) is 5.59. The predicted molar refractivity (Wildman–Crippen MR) is 80.7 cm³/mol. The number of halogens is 1. The molecule has 0 bridgehead atoms. The molecule has 1 aromatic rings. The Morgan fingerprint density at radius 3 is 2.50 bits per heavy atom. The summed E-state index contributed by atoms with van der Waals surface area (Å²) in [6.07, 6.45) is 0. The van der Waals surface area contributed by atoms with Gasteiger partial charge in [-0.2, -0.15) is 0 Å². The number of para-hydroxylation sites is 1. The molecule has 20 heavy (non-hydrogen) atoms. The van der Waals surface area contributed by atoms with Crippen LogP contribution in [0.2, 0.25) is 5.02 Å². The smallest absolute Gasteiger partial charge is 0.256 e. The van der Waals surface area contributed by atoms with Gasteiger partial charge in [0.1, 0.15) is 0 Å². The Hall–Kier alpha value is -1.75. The van der Waals surface area contributed by atoms with Crippen LogP contribution in [0.25, 0.3) is 0 Å². The van der Waals surface area contributed by atoms with E-state index in [-0.39, 0.29) is 29.6 Å². The molecule has 0 aliphatic heterocycles. The Kier molecular flexibility index (Phi) is 5.00. The highest BCUT2D eigenvalue weighted by molar-refractivity contribution is 6.33. The number of hydrogen-bond acceptors (Lipinski definition) is 3. The number of hydrogen-bond donors (Lipinski definition) is 2. The number of nitrogens with one attached hydrogen (secondary N) is 1. The predicted octanol–water partition coefficient (Wildman–Crippen LogP) is 1.91. The molecule has 1 aromatic carbocycles. The van der Waals surface area contributed by atoms with Crippen molar-refractivity contribution in [3.05, 3.63) is 28.8 Å². The molecule has 0 atom stereocenters. The third-order valence-corrected chi connectivity index (χ3v) is 2.85. The van der Waals surface area contributed by atoms with Crippen LogP contribution in [-0.4, -0.2) is 35.8 Å². The molecule has 0 saturated carbocycles. The van der Waals surface area contributed by atoms with Gasteiger partial charge in [0.2, 0.25) is 5.91 Å². The lowest BCUT2D eigenvalue weighted by atomic mass is 10.1. The van der Waals surface area contributed by atoms with Crippen LogP contribution in [0.5, 0.6) is 0 Å². The molecule has 0 fully saturated rings. The van der Waals surface area contributed by atoms with Crippen molar-refractivity contribution >= 4 is 29.1 Å². The van der Waals surface area contributed by atoms with Crippen LogP contribution in [-0.2, 0) is 4.79 Å². The first-order chi connectivity index (χ1) is 9.11. The first kappa shape index (κ1) is 16.3. The third kappa shape index (κ3) is 4.42. The number of anilines is 1. The third-order valence-electron chi connectivity index (χ3n) is 2.53. The van der Waals surface area contributed by atoms with E-state index in [1.807, 2.05) is 20.8 Å². The highest BCUT2D eigenvalue weighted by Gasteiger charge is 2.20. The fraction of sp³-hybridized carbons (Fsp3) is 0.429. The maximum atomic E-state index is 12.2. The minimum atomic E-state index is -0.339. The highest BCUT2D eigenvalue weighted by Crippen LogP contribution is 2.23. The summed E-state index contributed by atoms with van der Waals surface area (Å²) in [5.41, 5.74) is 5.96. The van der Waals surface area contributed by atoms with Gasteiger partial charge in [0.25, 0.3) is 5.91 Å². The summed E-state index contributed by atoms with van der Waals surface area (Å²) in [4.78, 5) is 25.3. The molecule has 0 aliphatic rings. The molecular weight excluding hydrogens is 278 g/mol. The van der Waals surface area contributed by atoms with Gasteiger partial charge in [-0.05, 0) is 32.9 Å². The summed E-state index contributed by atoms with van der Waals surface area (Å²) < 4.78 is 0. The Labute approximate surface area is 124 Å². The molecule has 1 rings (SSSR count). The van der Waals surface area contributed by atoms with Crippen LogP contribution in [0.4, 0.5) is 5.69 Å². The lowest BCUT2D eigenvalue weighted by molar-refractivity contribution is -0.122. The van der Waals surface area contributed by atoms with E-state index in [0.717, 1.165) is 0 Å². The summed E-state index contributed by atoms with van der Waals surface area (Å²) in [5, 5.41) is 3.11. The van der Waals surface area contributed by atoms with Crippen LogP contribution >= 0.6 is 11.6 Å². The minimum absolute atomic E-state index is 0.0396. The molecule has 110 valence electrons. The van der Waals surface area contributed by atoms with E-state index >= 15 is 0 Å². The number of rotatable bonds is 3. The van der Waals surface area contributed by atoms with Gasteiger partial charge in [0.05, 0.1) is 22.8 Å². The second-order valence-corrected chi connectivity index (χ2v) is 6.07.